The summed E-state index contributed by atoms with van der Waals surface area (Å²) in [4.78, 5) is 0. The van der Waals surface area contributed by atoms with Crippen LogP contribution in [-0.4, -0.2) is 17.2 Å². The molecule has 1 aromatic heterocycles. The van der Waals surface area contributed by atoms with Crippen LogP contribution in [0.15, 0.2) is 22.4 Å². The van der Waals surface area contributed by atoms with Gasteiger partial charge < -0.3 is 10.0 Å². The Morgan fingerprint density at radius 1 is 1.29 bits per heavy atom. The Hall–Kier alpha value is 0.245. The third kappa shape index (κ3) is 1.94. The number of fused-ring (bicyclic) bond motifs is 1. The van der Waals surface area contributed by atoms with Crippen LogP contribution in [0, 0.1) is 3.57 Å². The zero-order valence-corrected chi connectivity index (χ0v) is 10.8. The lowest BCUT2D eigenvalue weighted by Crippen LogP contribution is -2.30. The second kappa shape index (κ2) is 4.01. The quantitative estimate of drug-likeness (QED) is 0.419. The first-order valence-corrected chi connectivity index (χ1v) is 6.20. The molecule has 72 valence electrons. The lowest BCUT2D eigenvalue weighted by molar-refractivity contribution is 0.426. The Labute approximate surface area is 105 Å². The molecule has 0 aliphatic rings. The highest BCUT2D eigenvalue weighted by molar-refractivity contribution is 14.1. The topological polar surface area (TPSA) is 40.5 Å². The number of benzene rings is 1. The molecule has 0 aliphatic carbocycles. The van der Waals surface area contributed by atoms with Crippen LogP contribution in [0.4, 0.5) is 0 Å². The standard InChI is InChI=1S/C8H6BIO2S2/c10-4-1-6(9(11)12)5-3-8(13)14-7(5)2-4/h1-3,11-13H. The zero-order chi connectivity index (χ0) is 10.3. The van der Waals surface area contributed by atoms with Crippen molar-refractivity contribution in [2.75, 3.05) is 0 Å². The first-order valence-electron chi connectivity index (χ1n) is 3.86. The molecular formula is C8H6BIO2S2. The molecule has 2 nitrogen and oxygen atoms in total. The highest BCUT2D eigenvalue weighted by Gasteiger charge is 2.16. The van der Waals surface area contributed by atoms with E-state index < -0.39 is 7.12 Å². The Kier molecular flexibility index (Phi) is 3.08. The minimum Gasteiger partial charge on any atom is -0.423 e. The van der Waals surface area contributed by atoms with Gasteiger partial charge in [-0.2, -0.15) is 0 Å². The van der Waals surface area contributed by atoms with Crippen molar-refractivity contribution in [2.45, 2.75) is 4.21 Å². The van der Waals surface area contributed by atoms with Gasteiger partial charge in [-0.05, 0) is 51.6 Å². The van der Waals surface area contributed by atoms with E-state index in [-0.39, 0.29) is 0 Å². The molecule has 1 heterocycles. The summed E-state index contributed by atoms with van der Waals surface area (Å²) >= 11 is 7.94. The fourth-order valence-electron chi connectivity index (χ4n) is 1.33. The van der Waals surface area contributed by atoms with Gasteiger partial charge in [0.2, 0.25) is 0 Å². The number of rotatable bonds is 1. The van der Waals surface area contributed by atoms with Crippen molar-refractivity contribution >= 4 is 69.2 Å². The number of halogens is 1. The van der Waals surface area contributed by atoms with Gasteiger partial charge >= 0.3 is 7.12 Å². The highest BCUT2D eigenvalue weighted by atomic mass is 127. The van der Waals surface area contributed by atoms with Crippen molar-refractivity contribution in [3.05, 3.63) is 21.8 Å². The molecule has 0 amide bonds. The molecule has 0 saturated carbocycles. The minimum absolute atomic E-state index is 0.545. The van der Waals surface area contributed by atoms with Crippen molar-refractivity contribution in [1.82, 2.24) is 0 Å². The maximum Gasteiger partial charge on any atom is 0.489 e. The molecule has 0 spiro atoms. The van der Waals surface area contributed by atoms with Crippen LogP contribution >= 0.6 is 46.6 Å². The molecule has 0 bridgehead atoms. The van der Waals surface area contributed by atoms with E-state index >= 15 is 0 Å². The van der Waals surface area contributed by atoms with Gasteiger partial charge in [0, 0.05) is 8.27 Å². The Morgan fingerprint density at radius 2 is 2.00 bits per heavy atom. The van der Waals surface area contributed by atoms with Crippen molar-refractivity contribution in [2.24, 2.45) is 0 Å². The van der Waals surface area contributed by atoms with Crippen LogP contribution in [0.25, 0.3) is 10.1 Å². The van der Waals surface area contributed by atoms with E-state index in [1.54, 1.807) is 6.07 Å². The van der Waals surface area contributed by atoms with Crippen molar-refractivity contribution in [3.63, 3.8) is 0 Å². The van der Waals surface area contributed by atoms with Crippen LogP contribution < -0.4 is 5.46 Å². The molecule has 0 atom stereocenters. The average Bonchev–Trinajstić information content (AvgIpc) is 2.42. The van der Waals surface area contributed by atoms with E-state index in [1.807, 2.05) is 12.1 Å². The molecule has 2 aromatic rings. The third-order valence-electron chi connectivity index (χ3n) is 1.90. The summed E-state index contributed by atoms with van der Waals surface area (Å²) < 4.78 is 2.90. The lowest BCUT2D eigenvalue weighted by atomic mass is 9.78. The smallest absolute Gasteiger partial charge is 0.423 e. The van der Waals surface area contributed by atoms with Gasteiger partial charge in [-0.25, -0.2) is 0 Å². The summed E-state index contributed by atoms with van der Waals surface area (Å²) in [5.41, 5.74) is 0.545. The Balaban J connectivity index is 2.79. The SMILES string of the molecule is OB(O)c1cc(I)cc2sc(S)cc12. The molecule has 0 fully saturated rings. The van der Waals surface area contributed by atoms with Crippen LogP contribution in [0.1, 0.15) is 0 Å². The molecule has 2 N–H and O–H groups in total. The minimum atomic E-state index is -1.42. The summed E-state index contributed by atoms with van der Waals surface area (Å²) in [5.74, 6) is 0. The van der Waals surface area contributed by atoms with Gasteiger partial charge in [0.25, 0.3) is 0 Å². The third-order valence-corrected chi connectivity index (χ3v) is 3.81. The second-order valence-corrected chi connectivity index (χ2v) is 5.98. The molecule has 6 heteroatoms. The second-order valence-electron chi connectivity index (χ2n) is 2.87. The van der Waals surface area contributed by atoms with Crippen LogP contribution in [0.5, 0.6) is 0 Å². The van der Waals surface area contributed by atoms with E-state index in [0.717, 1.165) is 17.9 Å². The Morgan fingerprint density at radius 3 is 2.64 bits per heavy atom. The molecule has 1 aromatic carbocycles. The fraction of sp³-hybridized carbons (Fsp3) is 0. The van der Waals surface area contributed by atoms with E-state index in [2.05, 4.69) is 35.2 Å². The normalized spacial score (nSPS) is 10.9. The average molecular weight is 336 g/mol. The monoisotopic (exact) mass is 336 g/mol. The van der Waals surface area contributed by atoms with E-state index in [4.69, 9.17) is 0 Å². The predicted octanol–water partition coefficient (Wildman–Crippen LogP) is 1.47. The zero-order valence-electron chi connectivity index (χ0n) is 6.94. The van der Waals surface area contributed by atoms with E-state index in [0.29, 0.717) is 5.46 Å². The first kappa shape index (κ1) is 10.8. The Bertz CT molecular complexity index is 483. The predicted molar refractivity (Wildman–Crippen MR) is 71.6 cm³/mol. The van der Waals surface area contributed by atoms with Gasteiger partial charge in [-0.3, -0.25) is 0 Å². The molecule has 2 rings (SSSR count). The summed E-state index contributed by atoms with van der Waals surface area (Å²) in [6.45, 7) is 0. The molecular weight excluding hydrogens is 330 g/mol. The summed E-state index contributed by atoms with van der Waals surface area (Å²) in [5, 5.41) is 19.2. The first-order chi connectivity index (χ1) is 6.58. The van der Waals surface area contributed by atoms with Crippen LogP contribution in [0.2, 0.25) is 0 Å². The molecule has 0 radical (unpaired) electrons. The van der Waals surface area contributed by atoms with Crippen molar-refractivity contribution in [1.29, 1.82) is 0 Å². The molecule has 14 heavy (non-hydrogen) atoms. The van der Waals surface area contributed by atoms with Gasteiger partial charge in [-0.1, -0.05) is 0 Å². The van der Waals surface area contributed by atoms with Crippen molar-refractivity contribution < 1.29 is 10.0 Å². The number of thiophene rings is 1. The largest absolute Gasteiger partial charge is 0.489 e. The number of thiol groups is 1. The molecule has 0 saturated heterocycles. The van der Waals surface area contributed by atoms with Gasteiger partial charge in [0.1, 0.15) is 0 Å². The fourth-order valence-corrected chi connectivity index (χ4v) is 3.49. The molecule has 0 aliphatic heterocycles. The summed E-state index contributed by atoms with van der Waals surface area (Å²) in [6, 6.07) is 5.63. The lowest BCUT2D eigenvalue weighted by Gasteiger charge is -2.02. The number of hydrogen-bond donors (Lipinski definition) is 3. The van der Waals surface area contributed by atoms with Crippen LogP contribution in [-0.2, 0) is 0 Å². The maximum atomic E-state index is 9.19. The van der Waals surface area contributed by atoms with E-state index in [1.165, 1.54) is 11.3 Å². The van der Waals surface area contributed by atoms with Gasteiger partial charge in [0.05, 0.1) is 4.21 Å². The summed E-state index contributed by atoms with van der Waals surface area (Å²) in [6.07, 6.45) is 0. The summed E-state index contributed by atoms with van der Waals surface area (Å²) in [7, 11) is -1.42. The highest BCUT2D eigenvalue weighted by Crippen LogP contribution is 2.28. The van der Waals surface area contributed by atoms with Crippen molar-refractivity contribution in [3.8, 4) is 0 Å². The van der Waals surface area contributed by atoms with Gasteiger partial charge in [-0.15, -0.1) is 24.0 Å². The number of hydrogen-bond acceptors (Lipinski definition) is 4. The maximum absolute atomic E-state index is 9.19. The van der Waals surface area contributed by atoms with E-state index in [9.17, 15) is 10.0 Å². The van der Waals surface area contributed by atoms with Gasteiger partial charge in [0.15, 0.2) is 0 Å². The molecule has 0 unspecified atom stereocenters. The van der Waals surface area contributed by atoms with Crippen LogP contribution in [0.3, 0.4) is 0 Å².